The van der Waals surface area contributed by atoms with Crippen LogP contribution in [0.2, 0.25) is 0 Å². The fourth-order valence-electron chi connectivity index (χ4n) is 2.58. The summed E-state index contributed by atoms with van der Waals surface area (Å²) in [5, 5.41) is 10.2. The standard InChI is InChI=1S/C18H19F3N6O/c1-12-3-5-14(6-4-12)10-26-11-22-17(25-26)23-16(28)7-8-27-13(2)9-15(24-27)18(19,20)21/h3-6,9,11H,7-8,10H2,1-2H3,(H,23,25,28). The van der Waals surface area contributed by atoms with Crippen LogP contribution >= 0.6 is 0 Å². The number of anilines is 1. The smallest absolute Gasteiger partial charge is 0.293 e. The third-order valence-electron chi connectivity index (χ3n) is 4.08. The van der Waals surface area contributed by atoms with Gasteiger partial charge >= 0.3 is 6.18 Å². The van der Waals surface area contributed by atoms with E-state index in [-0.39, 0.29) is 18.9 Å². The summed E-state index contributed by atoms with van der Waals surface area (Å²) < 4.78 is 40.8. The fraction of sp³-hybridized carbons (Fsp3) is 0.333. The zero-order valence-electron chi connectivity index (χ0n) is 15.4. The van der Waals surface area contributed by atoms with Gasteiger partial charge in [-0.2, -0.15) is 18.3 Å². The number of aromatic nitrogens is 5. The molecule has 1 N–H and O–H groups in total. The maximum Gasteiger partial charge on any atom is 0.435 e. The number of aryl methyl sites for hydroxylation is 3. The molecule has 1 aromatic carbocycles. The quantitative estimate of drug-likeness (QED) is 0.699. The largest absolute Gasteiger partial charge is 0.435 e. The van der Waals surface area contributed by atoms with E-state index in [0.29, 0.717) is 12.2 Å². The summed E-state index contributed by atoms with van der Waals surface area (Å²) >= 11 is 0. The zero-order chi connectivity index (χ0) is 20.3. The van der Waals surface area contributed by atoms with Crippen LogP contribution in [0, 0.1) is 13.8 Å². The van der Waals surface area contributed by atoms with Gasteiger partial charge in [0, 0.05) is 18.7 Å². The van der Waals surface area contributed by atoms with E-state index in [0.717, 1.165) is 21.9 Å². The topological polar surface area (TPSA) is 77.6 Å². The highest BCUT2D eigenvalue weighted by Crippen LogP contribution is 2.28. The Morgan fingerprint density at radius 3 is 2.50 bits per heavy atom. The summed E-state index contributed by atoms with van der Waals surface area (Å²) in [5.41, 5.74) is 1.57. The average Bonchev–Trinajstić information content (AvgIpc) is 3.21. The molecule has 148 valence electrons. The molecule has 3 rings (SSSR count). The van der Waals surface area contributed by atoms with Gasteiger partial charge in [-0.15, -0.1) is 5.10 Å². The molecule has 3 aromatic rings. The number of alkyl halides is 3. The van der Waals surface area contributed by atoms with Crippen LogP contribution in [0.1, 0.15) is 28.9 Å². The van der Waals surface area contributed by atoms with Gasteiger partial charge in [0.1, 0.15) is 6.33 Å². The Morgan fingerprint density at radius 2 is 1.86 bits per heavy atom. The van der Waals surface area contributed by atoms with Gasteiger partial charge in [0.25, 0.3) is 0 Å². The molecule has 0 unspecified atom stereocenters. The number of amides is 1. The number of benzene rings is 1. The summed E-state index contributed by atoms with van der Waals surface area (Å²) in [4.78, 5) is 16.1. The zero-order valence-corrected chi connectivity index (χ0v) is 15.4. The first-order valence-corrected chi connectivity index (χ1v) is 8.57. The molecule has 28 heavy (non-hydrogen) atoms. The molecule has 0 saturated heterocycles. The molecular formula is C18H19F3N6O. The minimum atomic E-state index is -4.51. The van der Waals surface area contributed by atoms with Crippen LogP contribution in [-0.4, -0.2) is 30.5 Å². The highest BCUT2D eigenvalue weighted by atomic mass is 19.4. The number of halogens is 3. The third kappa shape index (κ3) is 4.96. The van der Waals surface area contributed by atoms with E-state index in [1.165, 1.54) is 13.3 Å². The van der Waals surface area contributed by atoms with Crippen molar-refractivity contribution in [1.82, 2.24) is 24.5 Å². The Balaban J connectivity index is 1.53. The monoisotopic (exact) mass is 392 g/mol. The molecule has 0 fully saturated rings. The Morgan fingerprint density at radius 1 is 1.14 bits per heavy atom. The van der Waals surface area contributed by atoms with Crippen LogP contribution in [0.25, 0.3) is 0 Å². The SMILES string of the molecule is Cc1ccc(Cn2cnc(NC(=O)CCn3nc(C(F)(F)F)cc3C)n2)cc1. The molecule has 2 aromatic heterocycles. The molecule has 7 nitrogen and oxygen atoms in total. The third-order valence-corrected chi connectivity index (χ3v) is 4.08. The first-order valence-electron chi connectivity index (χ1n) is 8.57. The van der Waals surface area contributed by atoms with Gasteiger partial charge in [-0.05, 0) is 25.5 Å². The van der Waals surface area contributed by atoms with E-state index in [4.69, 9.17) is 0 Å². The van der Waals surface area contributed by atoms with Crippen molar-refractivity contribution in [3.05, 3.63) is 59.2 Å². The number of carbonyl (C=O) groups is 1. The van der Waals surface area contributed by atoms with Crippen LogP contribution in [0.3, 0.4) is 0 Å². The van der Waals surface area contributed by atoms with Gasteiger partial charge < -0.3 is 0 Å². The van der Waals surface area contributed by atoms with Gasteiger partial charge in [0.05, 0.1) is 6.54 Å². The van der Waals surface area contributed by atoms with E-state index >= 15 is 0 Å². The highest BCUT2D eigenvalue weighted by Gasteiger charge is 2.34. The number of rotatable bonds is 6. The van der Waals surface area contributed by atoms with Gasteiger partial charge in [-0.25, -0.2) is 9.67 Å². The minimum absolute atomic E-state index is 0.0256. The number of carbonyl (C=O) groups excluding carboxylic acids is 1. The number of nitrogens with zero attached hydrogens (tertiary/aromatic N) is 5. The molecule has 0 spiro atoms. The van der Waals surface area contributed by atoms with Gasteiger partial charge in [0.15, 0.2) is 5.69 Å². The maximum absolute atomic E-state index is 12.7. The summed E-state index contributed by atoms with van der Waals surface area (Å²) in [5.74, 6) is -0.262. The molecule has 0 saturated carbocycles. The van der Waals surface area contributed by atoms with Crippen LogP contribution in [-0.2, 0) is 24.1 Å². The Kier molecular flexibility index (Phi) is 5.48. The molecule has 0 atom stereocenters. The second kappa shape index (κ2) is 7.83. The predicted molar refractivity (Wildman–Crippen MR) is 95.5 cm³/mol. The van der Waals surface area contributed by atoms with Crippen molar-refractivity contribution in [3.8, 4) is 0 Å². The van der Waals surface area contributed by atoms with E-state index < -0.39 is 17.8 Å². The molecule has 10 heteroatoms. The number of hydrogen-bond donors (Lipinski definition) is 1. The van der Waals surface area contributed by atoms with Gasteiger partial charge in [-0.3, -0.25) is 14.8 Å². The Labute approximate surface area is 159 Å². The van der Waals surface area contributed by atoms with Crippen LogP contribution in [0.4, 0.5) is 19.1 Å². The second-order valence-electron chi connectivity index (χ2n) is 6.44. The summed E-state index contributed by atoms with van der Waals surface area (Å²) in [6, 6.07) is 8.91. The summed E-state index contributed by atoms with van der Waals surface area (Å²) in [6.45, 7) is 4.05. The van der Waals surface area contributed by atoms with Crippen molar-refractivity contribution in [1.29, 1.82) is 0 Å². The lowest BCUT2D eigenvalue weighted by atomic mass is 10.1. The first-order chi connectivity index (χ1) is 13.2. The van der Waals surface area contributed by atoms with Crippen molar-refractivity contribution in [3.63, 3.8) is 0 Å². The number of hydrogen-bond acceptors (Lipinski definition) is 4. The molecule has 0 aliphatic heterocycles. The highest BCUT2D eigenvalue weighted by molar-refractivity contribution is 5.88. The summed E-state index contributed by atoms with van der Waals surface area (Å²) in [6.07, 6.45) is -3.05. The summed E-state index contributed by atoms with van der Waals surface area (Å²) in [7, 11) is 0. The van der Waals surface area contributed by atoms with Gasteiger partial charge in [0.2, 0.25) is 11.9 Å². The molecule has 0 bridgehead atoms. The maximum atomic E-state index is 12.7. The van der Waals surface area contributed by atoms with Gasteiger partial charge in [-0.1, -0.05) is 29.8 Å². The molecule has 2 heterocycles. The second-order valence-corrected chi connectivity index (χ2v) is 6.44. The molecular weight excluding hydrogens is 373 g/mol. The molecule has 0 aliphatic carbocycles. The fourth-order valence-corrected chi connectivity index (χ4v) is 2.58. The molecule has 0 aliphatic rings. The normalized spacial score (nSPS) is 11.6. The molecule has 1 amide bonds. The lowest BCUT2D eigenvalue weighted by Crippen LogP contribution is -2.17. The predicted octanol–water partition coefficient (Wildman–Crippen LogP) is 3.19. The van der Waals surface area contributed by atoms with Crippen LogP contribution < -0.4 is 5.32 Å². The van der Waals surface area contributed by atoms with E-state index in [9.17, 15) is 18.0 Å². The van der Waals surface area contributed by atoms with Crippen molar-refractivity contribution in [2.24, 2.45) is 0 Å². The Hall–Kier alpha value is -3.17. The average molecular weight is 392 g/mol. The van der Waals surface area contributed by atoms with E-state index in [2.05, 4.69) is 20.5 Å². The minimum Gasteiger partial charge on any atom is -0.293 e. The Bertz CT molecular complexity index is 959. The molecule has 0 radical (unpaired) electrons. The first kappa shape index (κ1) is 19.6. The van der Waals surface area contributed by atoms with Crippen molar-refractivity contribution < 1.29 is 18.0 Å². The number of nitrogens with one attached hydrogen (secondary N) is 1. The lowest BCUT2D eigenvalue weighted by molar-refractivity contribution is -0.141. The van der Waals surface area contributed by atoms with Crippen LogP contribution in [0.5, 0.6) is 0 Å². The van der Waals surface area contributed by atoms with E-state index in [1.54, 1.807) is 4.68 Å². The van der Waals surface area contributed by atoms with Crippen molar-refractivity contribution >= 4 is 11.9 Å². The van der Waals surface area contributed by atoms with Crippen molar-refractivity contribution in [2.75, 3.05) is 5.32 Å². The lowest BCUT2D eigenvalue weighted by Gasteiger charge is -2.05. The van der Waals surface area contributed by atoms with Crippen LogP contribution in [0.15, 0.2) is 36.7 Å². The van der Waals surface area contributed by atoms with E-state index in [1.807, 2.05) is 31.2 Å². The van der Waals surface area contributed by atoms with Crippen molar-refractivity contribution in [2.45, 2.75) is 39.5 Å².